The van der Waals surface area contributed by atoms with E-state index in [4.69, 9.17) is 10.7 Å². The van der Waals surface area contributed by atoms with Crippen LogP contribution in [-0.2, 0) is 0 Å². The van der Waals surface area contributed by atoms with Crippen molar-refractivity contribution in [1.29, 1.82) is 0 Å². The molecule has 0 radical (unpaired) electrons. The van der Waals surface area contributed by atoms with Crippen LogP contribution >= 0.6 is 23.1 Å². The average molecular weight is 387 g/mol. The van der Waals surface area contributed by atoms with E-state index in [9.17, 15) is 5.11 Å². The predicted octanol–water partition coefficient (Wildman–Crippen LogP) is 5.30. The van der Waals surface area contributed by atoms with Crippen molar-refractivity contribution in [2.45, 2.75) is 54.8 Å². The second kappa shape index (κ2) is 7.47. The smallest absolute Gasteiger partial charge is 0.151 e. The first kappa shape index (κ1) is 18.2. The minimum atomic E-state index is -0.397. The maximum absolute atomic E-state index is 9.53. The lowest BCUT2D eigenvalue weighted by Crippen LogP contribution is -2.40. The molecule has 3 nitrogen and oxygen atoms in total. The highest BCUT2D eigenvalue weighted by Crippen LogP contribution is 2.41. The molecule has 0 amide bonds. The number of benzene rings is 2. The van der Waals surface area contributed by atoms with E-state index in [1.807, 2.05) is 23.1 Å². The van der Waals surface area contributed by atoms with Gasteiger partial charge in [-0.2, -0.15) is 0 Å². The minimum absolute atomic E-state index is 0.0804. The molecule has 3 aromatic rings. The van der Waals surface area contributed by atoms with Gasteiger partial charge in [-0.15, -0.1) is 11.3 Å². The Kier molecular flexibility index (Phi) is 5.24. The van der Waals surface area contributed by atoms with E-state index in [1.54, 1.807) is 0 Å². The van der Waals surface area contributed by atoms with Crippen LogP contribution in [0.3, 0.4) is 0 Å². The molecular formula is C21H26N2OS2. The SMILES string of the molecule is CCCCSc1nc2ccc3cc([C@H]4CC[C@](N)(CO)C4)ccc3c2s1. The summed E-state index contributed by atoms with van der Waals surface area (Å²) in [5, 5.41) is 12.1. The van der Waals surface area contributed by atoms with E-state index in [0.29, 0.717) is 5.92 Å². The van der Waals surface area contributed by atoms with Gasteiger partial charge in [0.05, 0.1) is 16.8 Å². The van der Waals surface area contributed by atoms with Gasteiger partial charge >= 0.3 is 0 Å². The summed E-state index contributed by atoms with van der Waals surface area (Å²) in [4.78, 5) is 4.80. The second-order valence-electron chi connectivity index (χ2n) is 7.54. The highest BCUT2D eigenvalue weighted by Gasteiger charge is 2.35. The van der Waals surface area contributed by atoms with E-state index in [1.165, 1.54) is 38.2 Å². The van der Waals surface area contributed by atoms with Crippen LogP contribution in [0.25, 0.3) is 21.0 Å². The molecular weight excluding hydrogens is 360 g/mol. The zero-order valence-electron chi connectivity index (χ0n) is 15.2. The topological polar surface area (TPSA) is 59.1 Å². The maximum atomic E-state index is 9.53. The van der Waals surface area contributed by atoms with Gasteiger partial charge in [0, 0.05) is 16.7 Å². The first-order chi connectivity index (χ1) is 12.6. The van der Waals surface area contributed by atoms with Crippen molar-refractivity contribution in [2.75, 3.05) is 12.4 Å². The largest absolute Gasteiger partial charge is 0.394 e. The number of aromatic nitrogens is 1. The van der Waals surface area contributed by atoms with Crippen molar-refractivity contribution >= 4 is 44.1 Å². The molecule has 1 aliphatic carbocycles. The van der Waals surface area contributed by atoms with Gasteiger partial charge in [0.1, 0.15) is 0 Å². The van der Waals surface area contributed by atoms with E-state index in [2.05, 4.69) is 37.3 Å². The molecule has 5 heteroatoms. The highest BCUT2D eigenvalue weighted by molar-refractivity contribution is 8.01. The van der Waals surface area contributed by atoms with Gasteiger partial charge in [0.2, 0.25) is 0 Å². The predicted molar refractivity (Wildman–Crippen MR) is 113 cm³/mol. The van der Waals surface area contributed by atoms with Gasteiger partial charge in [-0.05, 0) is 48.6 Å². The Hall–Kier alpha value is -1.14. The number of nitrogens with zero attached hydrogens (tertiary/aromatic N) is 1. The summed E-state index contributed by atoms with van der Waals surface area (Å²) in [5.41, 5.74) is 8.32. The molecule has 0 spiro atoms. The van der Waals surface area contributed by atoms with Crippen molar-refractivity contribution < 1.29 is 5.11 Å². The maximum Gasteiger partial charge on any atom is 0.151 e. The summed E-state index contributed by atoms with van der Waals surface area (Å²) in [6, 6.07) is 11.2. The van der Waals surface area contributed by atoms with Crippen LogP contribution in [0.2, 0.25) is 0 Å². The molecule has 1 aromatic heterocycles. The lowest BCUT2D eigenvalue weighted by atomic mass is 9.92. The Morgan fingerprint density at radius 3 is 3.00 bits per heavy atom. The molecule has 0 unspecified atom stereocenters. The Labute approximate surface area is 163 Å². The summed E-state index contributed by atoms with van der Waals surface area (Å²) in [6.45, 7) is 2.31. The molecule has 26 heavy (non-hydrogen) atoms. The first-order valence-electron chi connectivity index (χ1n) is 9.47. The van der Waals surface area contributed by atoms with Crippen molar-refractivity contribution in [2.24, 2.45) is 5.73 Å². The van der Waals surface area contributed by atoms with Crippen LogP contribution in [-0.4, -0.2) is 28.0 Å². The van der Waals surface area contributed by atoms with Gasteiger partial charge in [0.25, 0.3) is 0 Å². The van der Waals surface area contributed by atoms with Crippen LogP contribution in [0.5, 0.6) is 0 Å². The average Bonchev–Trinajstić information content (AvgIpc) is 3.25. The number of fused-ring (bicyclic) bond motifs is 3. The monoisotopic (exact) mass is 386 g/mol. The third-order valence-corrected chi connectivity index (χ3v) is 7.86. The number of rotatable bonds is 6. The quantitative estimate of drug-likeness (QED) is 0.446. The molecule has 1 heterocycles. The van der Waals surface area contributed by atoms with Crippen molar-refractivity contribution in [3.8, 4) is 0 Å². The van der Waals surface area contributed by atoms with Gasteiger partial charge in [-0.3, -0.25) is 0 Å². The fourth-order valence-corrected chi connectivity index (χ4v) is 6.26. The van der Waals surface area contributed by atoms with E-state index in [-0.39, 0.29) is 6.61 Å². The summed E-state index contributed by atoms with van der Waals surface area (Å²) >= 11 is 3.69. The van der Waals surface area contributed by atoms with E-state index < -0.39 is 5.54 Å². The number of hydrogen-bond donors (Lipinski definition) is 2. The third kappa shape index (κ3) is 3.50. The summed E-state index contributed by atoms with van der Waals surface area (Å²) in [7, 11) is 0. The number of aliphatic hydroxyl groups is 1. The highest BCUT2D eigenvalue weighted by atomic mass is 32.2. The Bertz CT molecular complexity index is 923. The summed E-state index contributed by atoms with van der Waals surface area (Å²) < 4.78 is 2.47. The van der Waals surface area contributed by atoms with Crippen molar-refractivity contribution in [3.63, 3.8) is 0 Å². The van der Waals surface area contributed by atoms with Crippen LogP contribution in [0.4, 0.5) is 0 Å². The van der Waals surface area contributed by atoms with Gasteiger partial charge in [-0.25, -0.2) is 4.98 Å². The first-order valence-corrected chi connectivity index (χ1v) is 11.3. The number of hydrogen-bond acceptors (Lipinski definition) is 5. The van der Waals surface area contributed by atoms with Gasteiger partial charge < -0.3 is 10.8 Å². The van der Waals surface area contributed by atoms with Gasteiger partial charge in [-0.1, -0.05) is 49.4 Å². The van der Waals surface area contributed by atoms with Gasteiger partial charge in [0.15, 0.2) is 4.34 Å². The number of thiazole rings is 1. The molecule has 0 bridgehead atoms. The lowest BCUT2D eigenvalue weighted by molar-refractivity contribution is 0.198. The zero-order chi connectivity index (χ0) is 18.1. The molecule has 1 saturated carbocycles. The van der Waals surface area contributed by atoms with E-state index >= 15 is 0 Å². The minimum Gasteiger partial charge on any atom is -0.394 e. The Morgan fingerprint density at radius 1 is 1.35 bits per heavy atom. The third-order valence-electron chi connectivity index (χ3n) is 5.53. The van der Waals surface area contributed by atoms with Crippen LogP contribution < -0.4 is 5.73 Å². The number of nitrogens with two attached hydrogens (primary N) is 1. The molecule has 0 saturated heterocycles. The standard InChI is InChI=1S/C21H26N2OS2/c1-2-3-10-25-20-23-18-7-5-15-11-14(4-6-17(15)19(18)26-20)16-8-9-21(22,12-16)13-24/h4-7,11,16,24H,2-3,8-10,12-13,22H2,1H3/t16-,21+/m0/s1. The molecule has 1 aliphatic rings. The Balaban J connectivity index is 1.63. The molecule has 0 aliphatic heterocycles. The normalized spacial score (nSPS) is 23.3. The van der Waals surface area contributed by atoms with Crippen LogP contribution in [0, 0.1) is 0 Å². The molecule has 2 aromatic carbocycles. The zero-order valence-corrected chi connectivity index (χ0v) is 16.8. The summed E-state index contributed by atoms with van der Waals surface area (Å²) in [5.74, 6) is 1.60. The molecule has 4 rings (SSSR count). The second-order valence-corrected chi connectivity index (χ2v) is 9.88. The van der Waals surface area contributed by atoms with Crippen LogP contribution in [0.15, 0.2) is 34.7 Å². The van der Waals surface area contributed by atoms with Crippen molar-refractivity contribution in [3.05, 3.63) is 35.9 Å². The van der Waals surface area contributed by atoms with E-state index in [0.717, 1.165) is 30.5 Å². The fourth-order valence-electron chi connectivity index (χ4n) is 3.92. The molecule has 3 N–H and O–H groups in total. The van der Waals surface area contributed by atoms with Crippen molar-refractivity contribution in [1.82, 2.24) is 4.98 Å². The lowest BCUT2D eigenvalue weighted by Gasteiger charge is -2.21. The fraction of sp³-hybridized carbons (Fsp3) is 0.476. The van der Waals surface area contributed by atoms with Crippen LogP contribution in [0.1, 0.15) is 50.5 Å². The number of thioether (sulfide) groups is 1. The Morgan fingerprint density at radius 2 is 2.23 bits per heavy atom. The summed E-state index contributed by atoms with van der Waals surface area (Å²) in [6.07, 6.45) is 5.30. The molecule has 2 atom stereocenters. The molecule has 1 fully saturated rings. The number of unbranched alkanes of at least 4 members (excludes halogenated alkanes) is 1. The number of aliphatic hydroxyl groups excluding tert-OH is 1. The molecule has 138 valence electrons.